The standard InChI is InChI=1S/C13H10ClNO2/c1-2-3-4-8-11-15-10-7-5-6-9(14)12(10)13(16)17-11/h1,5-7H,3-4,8H2. The molecule has 2 rings (SSSR count). The van der Waals surface area contributed by atoms with Gasteiger partial charge in [-0.25, -0.2) is 9.78 Å². The molecule has 2 aromatic rings. The highest BCUT2D eigenvalue weighted by molar-refractivity contribution is 6.35. The third-order valence-corrected chi connectivity index (χ3v) is 2.68. The lowest BCUT2D eigenvalue weighted by Crippen LogP contribution is -2.05. The summed E-state index contributed by atoms with van der Waals surface area (Å²) in [5, 5.41) is 0.689. The lowest BCUT2D eigenvalue weighted by molar-refractivity contribution is 0.440. The van der Waals surface area contributed by atoms with Crippen molar-refractivity contribution in [2.75, 3.05) is 0 Å². The summed E-state index contributed by atoms with van der Waals surface area (Å²) in [5.41, 5.74) is 0.112. The first-order valence-electron chi connectivity index (χ1n) is 5.24. The number of aryl methyl sites for hydroxylation is 1. The summed E-state index contributed by atoms with van der Waals surface area (Å²) in [6.45, 7) is 0. The second-order valence-electron chi connectivity index (χ2n) is 3.59. The molecule has 0 N–H and O–H groups in total. The van der Waals surface area contributed by atoms with Gasteiger partial charge in [0.2, 0.25) is 0 Å². The Morgan fingerprint density at radius 1 is 1.47 bits per heavy atom. The van der Waals surface area contributed by atoms with Crippen molar-refractivity contribution in [1.82, 2.24) is 4.98 Å². The second-order valence-corrected chi connectivity index (χ2v) is 3.99. The third kappa shape index (κ3) is 2.48. The van der Waals surface area contributed by atoms with E-state index < -0.39 is 5.63 Å². The first-order chi connectivity index (χ1) is 8.22. The minimum atomic E-state index is -0.448. The van der Waals surface area contributed by atoms with Crippen LogP contribution in [0.5, 0.6) is 0 Å². The summed E-state index contributed by atoms with van der Waals surface area (Å²) in [7, 11) is 0. The minimum absolute atomic E-state index is 0.329. The van der Waals surface area contributed by atoms with Gasteiger partial charge in [-0.05, 0) is 18.6 Å². The SMILES string of the molecule is C#CCCCc1nc2cccc(Cl)c2c(=O)o1. The molecule has 3 nitrogen and oxygen atoms in total. The van der Waals surface area contributed by atoms with Gasteiger partial charge in [0.05, 0.1) is 10.5 Å². The smallest absolute Gasteiger partial charge is 0.348 e. The molecule has 0 bridgehead atoms. The number of rotatable bonds is 3. The maximum absolute atomic E-state index is 11.7. The molecule has 0 atom stereocenters. The van der Waals surface area contributed by atoms with Crippen LogP contribution in [0.1, 0.15) is 18.7 Å². The van der Waals surface area contributed by atoms with Gasteiger partial charge in [0.1, 0.15) is 5.39 Å². The quantitative estimate of drug-likeness (QED) is 0.619. The highest BCUT2D eigenvalue weighted by Crippen LogP contribution is 2.18. The van der Waals surface area contributed by atoms with Crippen molar-refractivity contribution < 1.29 is 4.42 Å². The first kappa shape index (κ1) is 11.7. The molecular formula is C13H10ClNO2. The average Bonchev–Trinajstić information content (AvgIpc) is 2.29. The largest absolute Gasteiger partial charge is 0.408 e. The number of fused-ring (bicyclic) bond motifs is 1. The zero-order valence-electron chi connectivity index (χ0n) is 9.07. The van der Waals surface area contributed by atoms with Crippen molar-refractivity contribution in [2.24, 2.45) is 0 Å². The van der Waals surface area contributed by atoms with Crippen LogP contribution < -0.4 is 5.63 Å². The normalized spacial score (nSPS) is 10.4. The molecule has 1 aromatic heterocycles. The molecule has 86 valence electrons. The summed E-state index contributed by atoms with van der Waals surface area (Å²) in [6.07, 6.45) is 7.10. The molecule has 0 saturated heterocycles. The number of hydrogen-bond acceptors (Lipinski definition) is 3. The van der Waals surface area contributed by atoms with E-state index in [1.807, 2.05) is 0 Å². The monoisotopic (exact) mass is 247 g/mol. The molecule has 1 aromatic carbocycles. The molecule has 0 amide bonds. The number of hydrogen-bond donors (Lipinski definition) is 0. The van der Waals surface area contributed by atoms with Gasteiger partial charge in [0.25, 0.3) is 0 Å². The van der Waals surface area contributed by atoms with E-state index >= 15 is 0 Å². The van der Waals surface area contributed by atoms with Crippen molar-refractivity contribution in [1.29, 1.82) is 0 Å². The fourth-order valence-corrected chi connectivity index (χ4v) is 1.82. The van der Waals surface area contributed by atoms with Gasteiger partial charge >= 0.3 is 5.63 Å². The highest BCUT2D eigenvalue weighted by atomic mass is 35.5. The molecule has 0 fully saturated rings. The van der Waals surface area contributed by atoms with E-state index in [0.29, 0.717) is 34.7 Å². The molecule has 1 heterocycles. The summed E-state index contributed by atoms with van der Waals surface area (Å²) < 4.78 is 5.10. The van der Waals surface area contributed by atoms with E-state index in [2.05, 4.69) is 10.9 Å². The molecule has 0 spiro atoms. The Morgan fingerprint density at radius 2 is 2.29 bits per heavy atom. The Hall–Kier alpha value is -1.79. The van der Waals surface area contributed by atoms with Crippen molar-refractivity contribution in [3.63, 3.8) is 0 Å². The molecular weight excluding hydrogens is 238 g/mol. The second kappa shape index (κ2) is 5.03. The van der Waals surface area contributed by atoms with Crippen molar-refractivity contribution in [2.45, 2.75) is 19.3 Å². The van der Waals surface area contributed by atoms with Gasteiger partial charge in [-0.15, -0.1) is 12.3 Å². The van der Waals surface area contributed by atoms with E-state index in [1.54, 1.807) is 18.2 Å². The fourth-order valence-electron chi connectivity index (χ4n) is 1.57. The Bertz CT molecular complexity index is 640. The maximum atomic E-state index is 11.7. The Morgan fingerprint density at radius 3 is 3.06 bits per heavy atom. The number of benzene rings is 1. The minimum Gasteiger partial charge on any atom is -0.408 e. The van der Waals surface area contributed by atoms with E-state index in [0.717, 1.165) is 6.42 Å². The number of aromatic nitrogens is 1. The molecule has 0 aliphatic carbocycles. The summed E-state index contributed by atoms with van der Waals surface area (Å²) in [4.78, 5) is 16.0. The van der Waals surface area contributed by atoms with Gasteiger partial charge in [0, 0.05) is 12.8 Å². The Balaban J connectivity index is 2.43. The van der Waals surface area contributed by atoms with Gasteiger partial charge < -0.3 is 4.42 Å². The van der Waals surface area contributed by atoms with Crippen molar-refractivity contribution >= 4 is 22.5 Å². The summed E-state index contributed by atoms with van der Waals surface area (Å²) in [5.74, 6) is 2.93. The van der Waals surface area contributed by atoms with Gasteiger partial charge in [-0.2, -0.15) is 0 Å². The molecule has 17 heavy (non-hydrogen) atoms. The Labute approximate surface area is 103 Å². The van der Waals surface area contributed by atoms with Crippen LogP contribution in [0.15, 0.2) is 27.4 Å². The van der Waals surface area contributed by atoms with Crippen LogP contribution in [0.4, 0.5) is 0 Å². The van der Waals surface area contributed by atoms with Gasteiger partial charge in [-0.3, -0.25) is 0 Å². The fraction of sp³-hybridized carbons (Fsp3) is 0.231. The van der Waals surface area contributed by atoms with Crippen molar-refractivity contribution in [3.05, 3.63) is 39.5 Å². The lowest BCUT2D eigenvalue weighted by atomic mass is 10.2. The molecule has 0 aliphatic heterocycles. The third-order valence-electron chi connectivity index (χ3n) is 2.36. The predicted molar refractivity (Wildman–Crippen MR) is 67.1 cm³/mol. The van der Waals surface area contributed by atoms with Crippen LogP contribution in [-0.2, 0) is 6.42 Å². The summed E-state index contributed by atoms with van der Waals surface area (Å²) >= 11 is 5.91. The van der Waals surface area contributed by atoms with E-state index in [1.165, 1.54) is 0 Å². The number of nitrogens with zero attached hydrogens (tertiary/aromatic N) is 1. The number of unbranched alkanes of at least 4 members (excludes halogenated alkanes) is 1. The lowest BCUT2D eigenvalue weighted by Gasteiger charge is -2.01. The highest BCUT2D eigenvalue weighted by Gasteiger charge is 2.08. The topological polar surface area (TPSA) is 43.1 Å². The zero-order chi connectivity index (χ0) is 12.3. The van der Waals surface area contributed by atoms with Crippen LogP contribution in [0.3, 0.4) is 0 Å². The van der Waals surface area contributed by atoms with Crippen LogP contribution in [0, 0.1) is 12.3 Å². The number of halogens is 1. The van der Waals surface area contributed by atoms with Crippen LogP contribution in [-0.4, -0.2) is 4.98 Å². The van der Waals surface area contributed by atoms with E-state index in [-0.39, 0.29) is 0 Å². The maximum Gasteiger partial charge on any atom is 0.348 e. The average molecular weight is 248 g/mol. The van der Waals surface area contributed by atoms with Gasteiger partial charge in [-0.1, -0.05) is 17.7 Å². The van der Waals surface area contributed by atoms with E-state index in [9.17, 15) is 4.79 Å². The molecule has 0 aliphatic rings. The Kier molecular flexibility index (Phi) is 3.46. The number of terminal acetylenes is 1. The van der Waals surface area contributed by atoms with E-state index in [4.69, 9.17) is 22.4 Å². The predicted octanol–water partition coefficient (Wildman–Crippen LogP) is 2.80. The molecule has 0 unspecified atom stereocenters. The van der Waals surface area contributed by atoms with Crippen LogP contribution in [0.25, 0.3) is 10.9 Å². The first-order valence-corrected chi connectivity index (χ1v) is 5.62. The van der Waals surface area contributed by atoms with Gasteiger partial charge in [0.15, 0.2) is 5.89 Å². The van der Waals surface area contributed by atoms with Crippen LogP contribution >= 0.6 is 11.6 Å². The zero-order valence-corrected chi connectivity index (χ0v) is 9.83. The molecule has 4 heteroatoms. The van der Waals surface area contributed by atoms with Crippen LogP contribution in [0.2, 0.25) is 5.02 Å². The molecule has 0 saturated carbocycles. The molecule has 0 radical (unpaired) electrons. The van der Waals surface area contributed by atoms with Crippen molar-refractivity contribution in [3.8, 4) is 12.3 Å². The summed E-state index contributed by atoms with van der Waals surface area (Å²) in [6, 6.07) is 5.13.